The fourth-order valence-electron chi connectivity index (χ4n) is 4.09. The van der Waals surface area contributed by atoms with Gasteiger partial charge in [0.1, 0.15) is 5.76 Å². The number of morpholine rings is 1. The Morgan fingerprint density at radius 3 is 2.52 bits per heavy atom. The van der Waals surface area contributed by atoms with Gasteiger partial charge in [0.25, 0.3) is 5.91 Å². The van der Waals surface area contributed by atoms with Crippen LogP contribution in [-0.2, 0) is 22.6 Å². The van der Waals surface area contributed by atoms with Crippen LogP contribution in [0.2, 0.25) is 0 Å². The Balaban J connectivity index is 1.68. The van der Waals surface area contributed by atoms with Crippen molar-refractivity contribution in [3.63, 3.8) is 0 Å². The second kappa shape index (κ2) is 10.2. The predicted octanol–water partition coefficient (Wildman–Crippen LogP) is 3.77. The summed E-state index contributed by atoms with van der Waals surface area (Å²) in [4.78, 5) is 29.1. The van der Waals surface area contributed by atoms with Crippen LogP contribution in [0.3, 0.4) is 0 Å². The van der Waals surface area contributed by atoms with Crippen molar-refractivity contribution < 1.29 is 18.7 Å². The zero-order valence-corrected chi connectivity index (χ0v) is 19.3. The van der Waals surface area contributed by atoms with E-state index in [4.69, 9.17) is 9.15 Å². The lowest BCUT2D eigenvalue weighted by Crippen LogP contribution is -2.48. The number of furan rings is 1. The number of amides is 2. The lowest BCUT2D eigenvalue weighted by atomic mass is 10.2. The molecule has 2 aromatic heterocycles. The number of nitrogens with zero attached hydrogens (tertiary/aromatic N) is 3. The van der Waals surface area contributed by atoms with Crippen LogP contribution < -0.4 is 0 Å². The van der Waals surface area contributed by atoms with E-state index >= 15 is 0 Å². The van der Waals surface area contributed by atoms with Crippen molar-refractivity contribution in [3.8, 4) is 0 Å². The molecule has 0 saturated carbocycles. The van der Waals surface area contributed by atoms with Gasteiger partial charge >= 0.3 is 0 Å². The molecule has 0 aromatic carbocycles. The summed E-state index contributed by atoms with van der Waals surface area (Å²) in [5.74, 6) is 1.10. The van der Waals surface area contributed by atoms with Crippen LogP contribution in [0.15, 0.2) is 34.9 Å². The second-order valence-corrected chi connectivity index (χ2v) is 8.78. The molecular weight excluding hydrogens is 394 g/mol. The van der Waals surface area contributed by atoms with Gasteiger partial charge < -0.3 is 23.5 Å². The monoisotopic (exact) mass is 429 g/mol. The summed E-state index contributed by atoms with van der Waals surface area (Å²) in [6.45, 7) is 12.8. The molecule has 0 aliphatic carbocycles. The molecular formula is C24H35N3O4. The second-order valence-electron chi connectivity index (χ2n) is 8.78. The molecule has 1 saturated heterocycles. The van der Waals surface area contributed by atoms with Gasteiger partial charge in [-0.15, -0.1) is 0 Å². The minimum absolute atomic E-state index is 0.0178. The Kier molecular flexibility index (Phi) is 7.59. The van der Waals surface area contributed by atoms with Crippen molar-refractivity contribution >= 4 is 11.8 Å². The summed E-state index contributed by atoms with van der Waals surface area (Å²) < 4.78 is 13.7. The lowest BCUT2D eigenvalue weighted by Gasteiger charge is -2.34. The van der Waals surface area contributed by atoms with Crippen LogP contribution >= 0.6 is 0 Å². The SMILES string of the molecule is CCCN(Cc1cccn1Cc1ccc(C(=O)N2CC(C)OC(C)C2)o1)C(=O)C(C)C. The average molecular weight is 430 g/mol. The highest BCUT2D eigenvalue weighted by atomic mass is 16.5. The third-order valence-corrected chi connectivity index (χ3v) is 5.48. The summed E-state index contributed by atoms with van der Waals surface area (Å²) in [5.41, 5.74) is 1.04. The third kappa shape index (κ3) is 5.79. The molecule has 1 aliphatic heterocycles. The zero-order chi connectivity index (χ0) is 22.5. The standard InChI is InChI=1S/C24H35N3O4/c1-6-11-26(23(28)17(2)3)15-20-8-7-12-25(20)16-21-9-10-22(31-21)24(29)27-13-18(4)30-19(5)14-27/h7-10,12,17-19H,6,11,13-16H2,1-5H3. The fourth-order valence-corrected chi connectivity index (χ4v) is 4.09. The maximum absolute atomic E-state index is 12.9. The van der Waals surface area contributed by atoms with Crippen LogP contribution in [0.5, 0.6) is 0 Å². The van der Waals surface area contributed by atoms with Gasteiger partial charge in [0, 0.05) is 37.4 Å². The highest BCUT2D eigenvalue weighted by molar-refractivity contribution is 5.91. The predicted molar refractivity (Wildman–Crippen MR) is 119 cm³/mol. The third-order valence-electron chi connectivity index (χ3n) is 5.48. The molecule has 0 radical (unpaired) electrons. The topological polar surface area (TPSA) is 67.9 Å². The summed E-state index contributed by atoms with van der Waals surface area (Å²) in [7, 11) is 0. The van der Waals surface area contributed by atoms with Crippen LogP contribution in [0.1, 0.15) is 63.0 Å². The van der Waals surface area contributed by atoms with Gasteiger partial charge in [-0.1, -0.05) is 20.8 Å². The molecule has 3 heterocycles. The average Bonchev–Trinajstić information content (AvgIpc) is 3.35. The largest absolute Gasteiger partial charge is 0.454 e. The summed E-state index contributed by atoms with van der Waals surface area (Å²) >= 11 is 0. The van der Waals surface area contributed by atoms with E-state index in [0.717, 1.165) is 18.7 Å². The smallest absolute Gasteiger partial charge is 0.289 e. The van der Waals surface area contributed by atoms with Gasteiger partial charge in [-0.25, -0.2) is 0 Å². The Morgan fingerprint density at radius 1 is 1.16 bits per heavy atom. The zero-order valence-electron chi connectivity index (χ0n) is 19.3. The van der Waals surface area contributed by atoms with E-state index in [1.807, 2.05) is 57.0 Å². The van der Waals surface area contributed by atoms with Gasteiger partial charge in [0.15, 0.2) is 5.76 Å². The van der Waals surface area contributed by atoms with E-state index in [1.165, 1.54) is 0 Å². The molecule has 170 valence electrons. The van der Waals surface area contributed by atoms with E-state index in [-0.39, 0.29) is 29.9 Å². The van der Waals surface area contributed by atoms with Gasteiger partial charge in [0.05, 0.1) is 25.3 Å². The molecule has 2 aromatic rings. The van der Waals surface area contributed by atoms with Gasteiger partial charge in [-0.2, -0.15) is 0 Å². The van der Waals surface area contributed by atoms with E-state index in [9.17, 15) is 9.59 Å². The molecule has 7 nitrogen and oxygen atoms in total. The summed E-state index contributed by atoms with van der Waals surface area (Å²) in [6, 6.07) is 7.61. The molecule has 0 spiro atoms. The minimum Gasteiger partial charge on any atom is -0.454 e. The first-order valence-corrected chi connectivity index (χ1v) is 11.2. The van der Waals surface area contributed by atoms with Crippen molar-refractivity contribution in [2.75, 3.05) is 19.6 Å². The molecule has 0 bridgehead atoms. The molecule has 1 aliphatic rings. The van der Waals surface area contributed by atoms with E-state index in [1.54, 1.807) is 11.0 Å². The number of carbonyl (C=O) groups excluding carboxylic acids is 2. The van der Waals surface area contributed by atoms with Crippen molar-refractivity contribution in [2.24, 2.45) is 5.92 Å². The number of carbonyl (C=O) groups is 2. The molecule has 3 rings (SSSR count). The molecule has 1 fully saturated rings. The lowest BCUT2D eigenvalue weighted by molar-refractivity contribution is -0.135. The Morgan fingerprint density at radius 2 is 1.87 bits per heavy atom. The van der Waals surface area contributed by atoms with E-state index < -0.39 is 0 Å². The number of hydrogen-bond donors (Lipinski definition) is 0. The van der Waals surface area contributed by atoms with Crippen LogP contribution in [0, 0.1) is 5.92 Å². The summed E-state index contributed by atoms with van der Waals surface area (Å²) in [5, 5.41) is 0. The highest BCUT2D eigenvalue weighted by Gasteiger charge is 2.28. The van der Waals surface area contributed by atoms with Crippen LogP contribution in [0.4, 0.5) is 0 Å². The van der Waals surface area contributed by atoms with Crippen molar-refractivity contribution in [2.45, 2.75) is 66.3 Å². The van der Waals surface area contributed by atoms with Crippen molar-refractivity contribution in [1.82, 2.24) is 14.4 Å². The minimum atomic E-state index is -0.0994. The van der Waals surface area contributed by atoms with Crippen LogP contribution in [-0.4, -0.2) is 58.0 Å². The molecule has 7 heteroatoms. The maximum atomic E-state index is 12.9. The van der Waals surface area contributed by atoms with E-state index in [0.29, 0.717) is 37.7 Å². The Labute approximate surface area is 184 Å². The first-order valence-electron chi connectivity index (χ1n) is 11.2. The fraction of sp³-hybridized carbons (Fsp3) is 0.583. The quantitative estimate of drug-likeness (QED) is 0.641. The maximum Gasteiger partial charge on any atom is 0.289 e. The molecule has 2 unspecified atom stereocenters. The first kappa shape index (κ1) is 23.1. The molecule has 2 amide bonds. The van der Waals surface area contributed by atoms with Gasteiger partial charge in [0.2, 0.25) is 5.91 Å². The first-order chi connectivity index (χ1) is 14.8. The summed E-state index contributed by atoms with van der Waals surface area (Å²) in [6.07, 6.45) is 2.93. The number of aromatic nitrogens is 1. The number of rotatable bonds is 8. The van der Waals surface area contributed by atoms with Crippen molar-refractivity contribution in [3.05, 3.63) is 47.7 Å². The molecule has 2 atom stereocenters. The molecule has 31 heavy (non-hydrogen) atoms. The van der Waals surface area contributed by atoms with Crippen molar-refractivity contribution in [1.29, 1.82) is 0 Å². The number of hydrogen-bond acceptors (Lipinski definition) is 4. The van der Waals surface area contributed by atoms with Gasteiger partial charge in [-0.05, 0) is 44.5 Å². The van der Waals surface area contributed by atoms with Crippen LogP contribution in [0.25, 0.3) is 0 Å². The Hall–Kier alpha value is -2.54. The van der Waals surface area contributed by atoms with Gasteiger partial charge in [-0.3, -0.25) is 9.59 Å². The normalized spacial score (nSPS) is 19.1. The highest BCUT2D eigenvalue weighted by Crippen LogP contribution is 2.18. The Bertz CT molecular complexity index is 875. The molecule has 0 N–H and O–H groups in total. The number of ether oxygens (including phenoxy) is 1. The van der Waals surface area contributed by atoms with E-state index in [2.05, 4.69) is 11.5 Å².